The first-order valence-corrected chi connectivity index (χ1v) is 7.45. The van der Waals surface area contributed by atoms with Crippen LogP contribution in [0.4, 0.5) is 0 Å². The van der Waals surface area contributed by atoms with Gasteiger partial charge in [0.25, 0.3) is 5.91 Å². The number of hydrogen-bond donors (Lipinski definition) is 1. The summed E-state index contributed by atoms with van der Waals surface area (Å²) in [5.74, 6) is 2.21. The number of hydrogen-bond acceptors (Lipinski definition) is 6. The van der Waals surface area contributed by atoms with Crippen LogP contribution in [-0.2, 0) is 11.2 Å². The van der Waals surface area contributed by atoms with Crippen molar-refractivity contribution in [1.82, 2.24) is 15.5 Å². The van der Waals surface area contributed by atoms with Gasteiger partial charge in [0.05, 0.1) is 7.11 Å². The summed E-state index contributed by atoms with van der Waals surface area (Å²) in [5, 5.41) is 10.6. The molecule has 2 aromatic rings. The average Bonchev–Trinajstić information content (AvgIpc) is 3.02. The Balaban J connectivity index is 1.72. The highest BCUT2D eigenvalue weighted by Gasteiger charge is 2.10. The predicted octanol–water partition coefficient (Wildman–Crippen LogP) is 1.94. The van der Waals surface area contributed by atoms with Gasteiger partial charge in [0.1, 0.15) is 0 Å². The molecule has 0 aliphatic rings. The van der Waals surface area contributed by atoms with Crippen LogP contribution in [0.2, 0.25) is 0 Å². The Morgan fingerprint density at radius 3 is 2.65 bits per heavy atom. The van der Waals surface area contributed by atoms with Crippen LogP contribution in [0, 0.1) is 0 Å². The van der Waals surface area contributed by atoms with E-state index < -0.39 is 0 Å². The van der Waals surface area contributed by atoms with Crippen LogP contribution in [0.5, 0.6) is 11.5 Å². The molecule has 0 bridgehead atoms. The first kappa shape index (κ1) is 16.8. The number of ether oxygens (including phenoxy) is 2. The van der Waals surface area contributed by atoms with E-state index in [0.717, 1.165) is 0 Å². The molecule has 0 aliphatic carbocycles. The lowest BCUT2D eigenvalue weighted by molar-refractivity contribution is -0.123. The standard InChI is InChI=1S/C16H21N3O4/c1-11(2)16-19-18-15(23-16)8-9-17-14(20)10-22-13-7-5-4-6-12(13)21-3/h4-7,11H,8-10H2,1-3H3,(H,17,20). The van der Waals surface area contributed by atoms with Crippen molar-refractivity contribution in [2.45, 2.75) is 26.2 Å². The van der Waals surface area contributed by atoms with Gasteiger partial charge in [-0.05, 0) is 12.1 Å². The van der Waals surface area contributed by atoms with Crippen molar-refractivity contribution < 1.29 is 18.7 Å². The van der Waals surface area contributed by atoms with E-state index in [-0.39, 0.29) is 18.4 Å². The highest BCUT2D eigenvalue weighted by Crippen LogP contribution is 2.25. The third-order valence-corrected chi connectivity index (χ3v) is 3.07. The molecule has 0 radical (unpaired) electrons. The minimum absolute atomic E-state index is 0.0819. The lowest BCUT2D eigenvalue weighted by Gasteiger charge is -2.10. The van der Waals surface area contributed by atoms with Gasteiger partial charge in [0.15, 0.2) is 18.1 Å². The third-order valence-electron chi connectivity index (χ3n) is 3.07. The van der Waals surface area contributed by atoms with Gasteiger partial charge in [0, 0.05) is 18.9 Å². The van der Waals surface area contributed by atoms with Gasteiger partial charge in [-0.25, -0.2) is 0 Å². The van der Waals surface area contributed by atoms with Crippen LogP contribution >= 0.6 is 0 Å². The molecule has 7 nitrogen and oxygen atoms in total. The molecule has 0 unspecified atom stereocenters. The number of benzene rings is 1. The van der Waals surface area contributed by atoms with Gasteiger partial charge in [-0.15, -0.1) is 10.2 Å². The van der Waals surface area contributed by atoms with Crippen LogP contribution in [0.1, 0.15) is 31.5 Å². The molecule has 1 amide bonds. The Morgan fingerprint density at radius 1 is 1.26 bits per heavy atom. The van der Waals surface area contributed by atoms with Crippen LogP contribution in [0.15, 0.2) is 28.7 Å². The molecule has 0 aliphatic heterocycles. The fourth-order valence-corrected chi connectivity index (χ4v) is 1.84. The number of amides is 1. The second-order valence-corrected chi connectivity index (χ2v) is 5.23. The third kappa shape index (κ3) is 4.98. The van der Waals surface area contributed by atoms with E-state index in [1.54, 1.807) is 19.2 Å². The predicted molar refractivity (Wildman–Crippen MR) is 83.6 cm³/mol. The van der Waals surface area contributed by atoms with Gasteiger partial charge < -0.3 is 19.2 Å². The zero-order chi connectivity index (χ0) is 16.7. The minimum Gasteiger partial charge on any atom is -0.493 e. The van der Waals surface area contributed by atoms with Crippen molar-refractivity contribution in [3.05, 3.63) is 36.0 Å². The maximum Gasteiger partial charge on any atom is 0.257 e. The SMILES string of the molecule is COc1ccccc1OCC(=O)NCCc1nnc(C(C)C)o1. The summed E-state index contributed by atoms with van der Waals surface area (Å²) in [5.41, 5.74) is 0. The topological polar surface area (TPSA) is 86.5 Å². The summed E-state index contributed by atoms with van der Waals surface area (Å²) in [4.78, 5) is 11.8. The summed E-state index contributed by atoms with van der Waals surface area (Å²) < 4.78 is 16.1. The number of carbonyl (C=O) groups excluding carboxylic acids is 1. The normalized spacial score (nSPS) is 10.6. The molecule has 1 aromatic carbocycles. The monoisotopic (exact) mass is 319 g/mol. The summed E-state index contributed by atoms with van der Waals surface area (Å²) in [6.07, 6.45) is 0.486. The van der Waals surface area contributed by atoms with Crippen molar-refractivity contribution in [2.24, 2.45) is 0 Å². The zero-order valence-electron chi connectivity index (χ0n) is 13.5. The van der Waals surface area contributed by atoms with Crippen molar-refractivity contribution in [1.29, 1.82) is 0 Å². The molecule has 2 rings (SSSR count). The van der Waals surface area contributed by atoms with Gasteiger partial charge in [-0.2, -0.15) is 0 Å². The highest BCUT2D eigenvalue weighted by atomic mass is 16.5. The molecular weight excluding hydrogens is 298 g/mol. The van der Waals surface area contributed by atoms with E-state index in [1.165, 1.54) is 0 Å². The van der Waals surface area contributed by atoms with E-state index in [9.17, 15) is 4.79 Å². The Bertz CT molecular complexity index is 640. The lowest BCUT2D eigenvalue weighted by Crippen LogP contribution is -2.30. The second-order valence-electron chi connectivity index (χ2n) is 5.23. The largest absolute Gasteiger partial charge is 0.493 e. The smallest absolute Gasteiger partial charge is 0.257 e. The summed E-state index contributed by atoms with van der Waals surface area (Å²) in [6.45, 7) is 4.29. The maximum atomic E-state index is 11.8. The van der Waals surface area contributed by atoms with E-state index in [1.807, 2.05) is 26.0 Å². The molecule has 0 atom stereocenters. The number of aromatic nitrogens is 2. The number of rotatable bonds is 8. The van der Waals surface area contributed by atoms with Gasteiger partial charge in [-0.3, -0.25) is 4.79 Å². The second kappa shape index (κ2) is 8.17. The van der Waals surface area contributed by atoms with Gasteiger partial charge in [0.2, 0.25) is 11.8 Å². The number of nitrogens with zero attached hydrogens (tertiary/aromatic N) is 2. The van der Waals surface area contributed by atoms with Crippen molar-refractivity contribution in [3.63, 3.8) is 0 Å². The Labute approximate surface area is 135 Å². The van der Waals surface area contributed by atoms with Gasteiger partial charge in [-0.1, -0.05) is 26.0 Å². The molecular formula is C16H21N3O4. The molecule has 7 heteroatoms. The number of nitrogens with one attached hydrogen (secondary N) is 1. The fraction of sp³-hybridized carbons (Fsp3) is 0.438. The molecule has 1 heterocycles. The molecule has 1 N–H and O–H groups in total. The van der Waals surface area contributed by atoms with Crippen LogP contribution in [-0.4, -0.2) is 36.4 Å². The van der Waals surface area contributed by atoms with Crippen LogP contribution < -0.4 is 14.8 Å². The van der Waals surface area contributed by atoms with E-state index in [0.29, 0.717) is 36.2 Å². The molecule has 0 fully saturated rings. The molecule has 0 saturated heterocycles. The number of para-hydroxylation sites is 2. The Kier molecular flexibility index (Phi) is 5.96. The van der Waals surface area contributed by atoms with E-state index in [4.69, 9.17) is 13.9 Å². The summed E-state index contributed by atoms with van der Waals surface area (Å²) in [6, 6.07) is 7.17. The zero-order valence-corrected chi connectivity index (χ0v) is 13.5. The first-order valence-electron chi connectivity index (χ1n) is 7.45. The highest BCUT2D eigenvalue weighted by molar-refractivity contribution is 5.77. The van der Waals surface area contributed by atoms with Gasteiger partial charge >= 0.3 is 0 Å². The molecule has 1 aromatic heterocycles. The van der Waals surface area contributed by atoms with Crippen LogP contribution in [0.25, 0.3) is 0 Å². The molecule has 124 valence electrons. The average molecular weight is 319 g/mol. The van der Waals surface area contributed by atoms with E-state index >= 15 is 0 Å². The Morgan fingerprint density at radius 2 is 2.00 bits per heavy atom. The molecule has 23 heavy (non-hydrogen) atoms. The van der Waals surface area contributed by atoms with Crippen molar-refractivity contribution in [2.75, 3.05) is 20.3 Å². The first-order chi connectivity index (χ1) is 11.1. The van der Waals surface area contributed by atoms with E-state index in [2.05, 4.69) is 15.5 Å². The Hall–Kier alpha value is -2.57. The quantitative estimate of drug-likeness (QED) is 0.800. The number of methoxy groups -OCH3 is 1. The maximum absolute atomic E-state index is 11.8. The lowest BCUT2D eigenvalue weighted by atomic mass is 10.2. The number of carbonyl (C=O) groups is 1. The summed E-state index contributed by atoms with van der Waals surface area (Å²) >= 11 is 0. The fourth-order valence-electron chi connectivity index (χ4n) is 1.84. The molecule has 0 saturated carbocycles. The van der Waals surface area contributed by atoms with Crippen LogP contribution in [0.3, 0.4) is 0 Å². The van der Waals surface area contributed by atoms with Crippen molar-refractivity contribution >= 4 is 5.91 Å². The molecule has 0 spiro atoms. The van der Waals surface area contributed by atoms with Crippen molar-refractivity contribution in [3.8, 4) is 11.5 Å². The summed E-state index contributed by atoms with van der Waals surface area (Å²) in [7, 11) is 1.55. The minimum atomic E-state index is -0.223.